The summed E-state index contributed by atoms with van der Waals surface area (Å²) in [4.78, 5) is 0. The van der Waals surface area contributed by atoms with Crippen molar-refractivity contribution in [1.82, 2.24) is 0 Å². The molecule has 0 fully saturated rings. The van der Waals surface area contributed by atoms with Crippen LogP contribution in [0.1, 0.15) is 11.1 Å². The number of hydrogen-bond acceptors (Lipinski definition) is 4. The highest BCUT2D eigenvalue weighted by Crippen LogP contribution is 2.19. The van der Waals surface area contributed by atoms with Gasteiger partial charge in [0.25, 0.3) is 0 Å². The van der Waals surface area contributed by atoms with Gasteiger partial charge < -0.3 is 9.47 Å². The summed E-state index contributed by atoms with van der Waals surface area (Å²) < 4.78 is 48.2. The summed E-state index contributed by atoms with van der Waals surface area (Å²) in [5.41, 5.74) is 0.909. The van der Waals surface area contributed by atoms with E-state index in [1.165, 1.54) is 14.2 Å². The smallest absolute Gasteiger partial charge is 0.418 e. The molecule has 0 bridgehead atoms. The van der Waals surface area contributed by atoms with Crippen molar-refractivity contribution in [3.05, 3.63) is 59.7 Å². The standard InChI is InChI=1S/C15H14FNO4S/c1-20-13-7-3-11(4-8-13)15(17-22(16,18)19)12-5-9-14(21-2)10-6-12/h3-10H,1-2H3. The average molecular weight is 323 g/mol. The van der Waals surface area contributed by atoms with Gasteiger partial charge in [0.2, 0.25) is 0 Å². The molecule has 0 saturated heterocycles. The van der Waals surface area contributed by atoms with Crippen molar-refractivity contribution in [3.8, 4) is 11.5 Å². The summed E-state index contributed by atoms with van der Waals surface area (Å²) in [6, 6.07) is 13.0. The van der Waals surface area contributed by atoms with Gasteiger partial charge in [-0.3, -0.25) is 0 Å². The van der Waals surface area contributed by atoms with Gasteiger partial charge in [-0.1, -0.05) is 3.89 Å². The molecule has 0 aliphatic carbocycles. The molecule has 2 rings (SSSR count). The van der Waals surface area contributed by atoms with E-state index in [-0.39, 0.29) is 5.71 Å². The zero-order valence-electron chi connectivity index (χ0n) is 12.0. The molecule has 116 valence electrons. The van der Waals surface area contributed by atoms with Gasteiger partial charge in [-0.25, -0.2) is 0 Å². The van der Waals surface area contributed by atoms with Crippen LogP contribution in [0.2, 0.25) is 0 Å². The van der Waals surface area contributed by atoms with Crippen LogP contribution < -0.4 is 9.47 Å². The van der Waals surface area contributed by atoms with E-state index >= 15 is 0 Å². The molecule has 0 atom stereocenters. The van der Waals surface area contributed by atoms with E-state index in [9.17, 15) is 12.3 Å². The number of ether oxygens (including phenoxy) is 2. The van der Waals surface area contributed by atoms with Crippen LogP contribution in [0.25, 0.3) is 0 Å². The normalized spacial score (nSPS) is 10.9. The van der Waals surface area contributed by atoms with E-state index in [0.717, 1.165) is 0 Å². The molecule has 5 nitrogen and oxygen atoms in total. The fourth-order valence-electron chi connectivity index (χ4n) is 1.88. The molecule has 0 N–H and O–H groups in total. The monoisotopic (exact) mass is 323 g/mol. The van der Waals surface area contributed by atoms with Crippen LogP contribution in [0.15, 0.2) is 52.9 Å². The highest BCUT2D eigenvalue weighted by atomic mass is 32.3. The van der Waals surface area contributed by atoms with Gasteiger partial charge in [0.15, 0.2) is 0 Å². The third-order valence-corrected chi connectivity index (χ3v) is 3.33. The predicted octanol–water partition coefficient (Wildman–Crippen LogP) is 2.76. The van der Waals surface area contributed by atoms with Crippen LogP contribution in [-0.4, -0.2) is 28.3 Å². The predicted molar refractivity (Wildman–Crippen MR) is 81.7 cm³/mol. The number of benzene rings is 2. The van der Waals surface area contributed by atoms with Gasteiger partial charge in [0.05, 0.1) is 19.9 Å². The molecule has 0 unspecified atom stereocenters. The van der Waals surface area contributed by atoms with E-state index in [1.54, 1.807) is 48.5 Å². The summed E-state index contributed by atoms with van der Waals surface area (Å²) in [7, 11) is -2.00. The van der Waals surface area contributed by atoms with Crippen molar-refractivity contribution in [2.45, 2.75) is 0 Å². The number of methoxy groups -OCH3 is 2. The van der Waals surface area contributed by atoms with Crippen LogP contribution in [0.4, 0.5) is 3.89 Å². The number of hydrogen-bond donors (Lipinski definition) is 0. The molecule has 0 amide bonds. The molecule has 0 aliphatic heterocycles. The van der Waals surface area contributed by atoms with Crippen molar-refractivity contribution in [2.75, 3.05) is 14.2 Å². The number of rotatable bonds is 5. The maximum absolute atomic E-state index is 13.0. The van der Waals surface area contributed by atoms with E-state index < -0.39 is 10.4 Å². The Morgan fingerprint density at radius 3 is 1.50 bits per heavy atom. The number of nitrogens with zero attached hydrogens (tertiary/aromatic N) is 1. The summed E-state index contributed by atoms with van der Waals surface area (Å²) >= 11 is 0. The molecular weight excluding hydrogens is 309 g/mol. The molecule has 0 aromatic heterocycles. The Balaban J connectivity index is 2.52. The first-order chi connectivity index (χ1) is 10.4. The second-order valence-corrected chi connectivity index (χ2v) is 5.32. The quantitative estimate of drug-likeness (QED) is 0.627. The Bertz CT molecular complexity index is 719. The maximum atomic E-state index is 13.0. The van der Waals surface area contributed by atoms with Crippen molar-refractivity contribution < 1.29 is 21.8 Å². The topological polar surface area (TPSA) is 65.0 Å². The Morgan fingerprint density at radius 2 is 1.23 bits per heavy atom. The van der Waals surface area contributed by atoms with Crippen LogP contribution in [0.5, 0.6) is 11.5 Å². The summed E-state index contributed by atoms with van der Waals surface area (Å²) in [5.74, 6) is 1.20. The van der Waals surface area contributed by atoms with E-state index in [4.69, 9.17) is 9.47 Å². The second kappa shape index (κ2) is 6.57. The molecule has 0 spiro atoms. The maximum Gasteiger partial charge on any atom is 0.418 e. The van der Waals surface area contributed by atoms with Gasteiger partial charge in [0, 0.05) is 11.1 Å². The molecule has 0 saturated carbocycles. The second-order valence-electron chi connectivity index (χ2n) is 4.31. The molecule has 0 heterocycles. The zero-order valence-corrected chi connectivity index (χ0v) is 12.8. The number of halogens is 1. The lowest BCUT2D eigenvalue weighted by Gasteiger charge is -2.08. The minimum atomic E-state index is -5.03. The first kappa shape index (κ1) is 16.0. The first-order valence-electron chi connectivity index (χ1n) is 6.26. The van der Waals surface area contributed by atoms with Crippen LogP contribution >= 0.6 is 0 Å². The molecule has 0 aliphatic rings. The van der Waals surface area contributed by atoms with E-state index in [2.05, 4.69) is 4.40 Å². The van der Waals surface area contributed by atoms with Crippen molar-refractivity contribution in [2.24, 2.45) is 4.40 Å². The van der Waals surface area contributed by atoms with Crippen LogP contribution in [0, 0.1) is 0 Å². The van der Waals surface area contributed by atoms with Crippen molar-refractivity contribution >= 4 is 16.1 Å². The van der Waals surface area contributed by atoms with Gasteiger partial charge in [-0.05, 0) is 48.5 Å². The first-order valence-corrected chi connectivity index (χ1v) is 7.60. The molecule has 0 radical (unpaired) electrons. The van der Waals surface area contributed by atoms with Crippen LogP contribution in [-0.2, 0) is 10.4 Å². The molecule has 7 heteroatoms. The minimum Gasteiger partial charge on any atom is -0.497 e. The molecule has 22 heavy (non-hydrogen) atoms. The SMILES string of the molecule is COc1ccc(C(=NS(=O)(=O)F)c2ccc(OC)cc2)cc1. The fourth-order valence-corrected chi connectivity index (χ4v) is 2.31. The van der Waals surface area contributed by atoms with Crippen molar-refractivity contribution in [1.29, 1.82) is 0 Å². The van der Waals surface area contributed by atoms with Gasteiger partial charge in [0.1, 0.15) is 11.5 Å². The lowest BCUT2D eigenvalue weighted by Crippen LogP contribution is -2.06. The largest absolute Gasteiger partial charge is 0.497 e. The average Bonchev–Trinajstić information content (AvgIpc) is 2.52. The summed E-state index contributed by atoms with van der Waals surface area (Å²) in [6.45, 7) is 0. The summed E-state index contributed by atoms with van der Waals surface area (Å²) in [6.07, 6.45) is 0. The van der Waals surface area contributed by atoms with E-state index in [0.29, 0.717) is 22.6 Å². The fraction of sp³-hybridized carbons (Fsp3) is 0.133. The molecular formula is C15H14FNO4S. The molecule has 2 aromatic carbocycles. The Kier molecular flexibility index (Phi) is 4.77. The highest BCUT2D eigenvalue weighted by Gasteiger charge is 2.13. The van der Waals surface area contributed by atoms with Gasteiger partial charge >= 0.3 is 10.4 Å². The Labute approximate surface area is 128 Å². The van der Waals surface area contributed by atoms with E-state index in [1.807, 2.05) is 0 Å². The highest BCUT2D eigenvalue weighted by molar-refractivity contribution is 7.85. The minimum absolute atomic E-state index is 0.00723. The third kappa shape index (κ3) is 4.05. The Morgan fingerprint density at radius 1 is 0.864 bits per heavy atom. The van der Waals surface area contributed by atoms with Crippen molar-refractivity contribution in [3.63, 3.8) is 0 Å². The summed E-state index contributed by atoms with van der Waals surface area (Å²) in [5, 5.41) is 0. The van der Waals surface area contributed by atoms with Crippen LogP contribution in [0.3, 0.4) is 0 Å². The van der Waals surface area contributed by atoms with Gasteiger partial charge in [-0.15, -0.1) is 4.40 Å². The lowest BCUT2D eigenvalue weighted by molar-refractivity contribution is 0.414. The van der Waals surface area contributed by atoms with Gasteiger partial charge in [-0.2, -0.15) is 8.42 Å². The lowest BCUT2D eigenvalue weighted by atomic mass is 10.0. The third-order valence-electron chi connectivity index (χ3n) is 2.93. The zero-order chi connectivity index (χ0) is 16.2. The Hall–Kier alpha value is -2.41. The molecule has 2 aromatic rings.